The number of aliphatic hydroxyl groups is 1. The van der Waals surface area contributed by atoms with Crippen molar-refractivity contribution in [1.29, 1.82) is 0 Å². The van der Waals surface area contributed by atoms with Crippen molar-refractivity contribution in [3.8, 4) is 0 Å². The second-order valence-corrected chi connectivity index (χ2v) is 5.01. The van der Waals surface area contributed by atoms with Crippen LogP contribution in [0.15, 0.2) is 0 Å². The third-order valence-corrected chi connectivity index (χ3v) is 4.24. The molecule has 5 heteroatoms. The lowest BCUT2D eigenvalue weighted by Gasteiger charge is -2.24. The number of rotatable bonds is 2. The van der Waals surface area contributed by atoms with Gasteiger partial charge < -0.3 is 5.11 Å². The molecule has 0 aliphatic heterocycles. The molecule has 2 rings (SSSR count). The summed E-state index contributed by atoms with van der Waals surface area (Å²) in [4.78, 5) is 0. The second kappa shape index (κ2) is 11.2. The van der Waals surface area contributed by atoms with E-state index in [-0.39, 0.29) is 60.1 Å². The molecule has 0 heterocycles. The molecule has 0 aromatic heterocycles. The van der Waals surface area contributed by atoms with Gasteiger partial charge in [0.2, 0.25) is 0 Å². The van der Waals surface area contributed by atoms with Gasteiger partial charge in [-0.1, -0.05) is 32.6 Å². The molecule has 2 fully saturated rings. The minimum absolute atomic E-state index is 0. The highest BCUT2D eigenvalue weighted by molar-refractivity contribution is 7.59. The van der Waals surface area contributed by atoms with Crippen molar-refractivity contribution >= 4 is 54.0 Å². The Morgan fingerprint density at radius 2 is 1.35 bits per heavy atom. The van der Waals surface area contributed by atoms with E-state index < -0.39 is 0 Å². The van der Waals surface area contributed by atoms with E-state index in [1.165, 1.54) is 38.5 Å². The van der Waals surface area contributed by atoms with E-state index in [0.29, 0.717) is 5.92 Å². The predicted octanol–water partition coefficient (Wildman–Crippen LogP) is 3.42. The second-order valence-electron chi connectivity index (χ2n) is 5.01. The van der Waals surface area contributed by atoms with E-state index in [1.807, 2.05) is 0 Å². The Labute approximate surface area is 134 Å². The molecule has 0 spiro atoms. The lowest BCUT2D eigenvalue weighted by atomic mass is 9.82. The third-order valence-electron chi connectivity index (χ3n) is 4.24. The lowest BCUT2D eigenvalue weighted by Crippen LogP contribution is -2.16. The SMILES string of the molecule is CC[C@@H](O)C1C[C@H]2CCCC[C@H]2C1.S.S.S.S. The Balaban J connectivity index is -0.000000490. The molecule has 17 heavy (non-hydrogen) atoms. The Bertz CT molecular complexity index is 166. The quantitative estimate of drug-likeness (QED) is 0.827. The van der Waals surface area contributed by atoms with E-state index in [9.17, 15) is 5.11 Å². The first-order valence-corrected chi connectivity index (χ1v) is 5.99. The molecule has 1 unspecified atom stereocenters. The number of hydrogen-bond acceptors (Lipinski definition) is 1. The minimum Gasteiger partial charge on any atom is -0.393 e. The molecule has 0 amide bonds. The van der Waals surface area contributed by atoms with Crippen molar-refractivity contribution in [2.45, 2.75) is 58.0 Å². The predicted molar refractivity (Wildman–Crippen MR) is 96.0 cm³/mol. The molecular formula is C12H30OS4. The number of aliphatic hydroxyl groups excluding tert-OH is 1. The molecule has 2 aliphatic carbocycles. The van der Waals surface area contributed by atoms with Crippen LogP contribution in [0.25, 0.3) is 0 Å². The molecule has 2 aliphatic rings. The van der Waals surface area contributed by atoms with Crippen LogP contribution in [0.1, 0.15) is 51.9 Å². The molecule has 2 saturated carbocycles. The molecule has 0 saturated heterocycles. The molecule has 0 aromatic rings. The Kier molecular flexibility index (Phi) is 15.5. The molecule has 0 bridgehead atoms. The average Bonchev–Trinajstić information content (AvgIpc) is 2.59. The van der Waals surface area contributed by atoms with Crippen LogP contribution in [-0.2, 0) is 0 Å². The van der Waals surface area contributed by atoms with Gasteiger partial charge in [-0.05, 0) is 37.0 Å². The van der Waals surface area contributed by atoms with Crippen LogP contribution >= 0.6 is 54.0 Å². The summed E-state index contributed by atoms with van der Waals surface area (Å²) in [6.45, 7) is 2.10. The van der Waals surface area contributed by atoms with Gasteiger partial charge in [-0.15, -0.1) is 0 Å². The van der Waals surface area contributed by atoms with Crippen molar-refractivity contribution in [2.75, 3.05) is 0 Å². The summed E-state index contributed by atoms with van der Waals surface area (Å²) in [6, 6.07) is 0. The minimum atomic E-state index is -0.00870. The first kappa shape index (κ1) is 23.5. The maximum atomic E-state index is 9.80. The summed E-state index contributed by atoms with van der Waals surface area (Å²) in [5, 5.41) is 9.80. The van der Waals surface area contributed by atoms with E-state index in [2.05, 4.69) is 6.92 Å². The maximum absolute atomic E-state index is 9.80. The van der Waals surface area contributed by atoms with Crippen molar-refractivity contribution in [1.82, 2.24) is 0 Å². The molecule has 0 aromatic carbocycles. The monoisotopic (exact) mass is 318 g/mol. The lowest BCUT2D eigenvalue weighted by molar-refractivity contribution is 0.103. The largest absolute Gasteiger partial charge is 0.393 e. The first-order valence-electron chi connectivity index (χ1n) is 5.99. The van der Waals surface area contributed by atoms with Crippen LogP contribution in [0.2, 0.25) is 0 Å². The summed E-state index contributed by atoms with van der Waals surface area (Å²) in [5.41, 5.74) is 0. The zero-order valence-corrected chi connectivity index (χ0v) is 14.7. The summed E-state index contributed by atoms with van der Waals surface area (Å²) < 4.78 is 0. The fourth-order valence-corrected chi connectivity index (χ4v) is 3.43. The summed E-state index contributed by atoms with van der Waals surface area (Å²) in [6.07, 6.45) is 9.34. The van der Waals surface area contributed by atoms with E-state index in [4.69, 9.17) is 0 Å². The van der Waals surface area contributed by atoms with Gasteiger partial charge in [0.1, 0.15) is 0 Å². The third kappa shape index (κ3) is 5.89. The van der Waals surface area contributed by atoms with Crippen molar-refractivity contribution in [2.24, 2.45) is 17.8 Å². The molecule has 1 N–H and O–H groups in total. The van der Waals surface area contributed by atoms with Gasteiger partial charge in [-0.2, -0.15) is 54.0 Å². The summed E-state index contributed by atoms with van der Waals surface area (Å²) >= 11 is 0. The van der Waals surface area contributed by atoms with Crippen molar-refractivity contribution in [3.05, 3.63) is 0 Å². The van der Waals surface area contributed by atoms with Gasteiger partial charge in [-0.25, -0.2) is 0 Å². The number of fused-ring (bicyclic) bond motifs is 1. The normalized spacial score (nSPS) is 31.8. The van der Waals surface area contributed by atoms with Gasteiger partial charge in [0.15, 0.2) is 0 Å². The van der Waals surface area contributed by atoms with Gasteiger partial charge in [0.25, 0.3) is 0 Å². The molecular weight excluding hydrogens is 288 g/mol. The van der Waals surface area contributed by atoms with Gasteiger partial charge >= 0.3 is 0 Å². The molecule has 0 radical (unpaired) electrons. The van der Waals surface area contributed by atoms with Crippen LogP contribution in [0, 0.1) is 17.8 Å². The molecule has 1 nitrogen and oxygen atoms in total. The smallest absolute Gasteiger partial charge is 0.0566 e. The topological polar surface area (TPSA) is 20.2 Å². The fraction of sp³-hybridized carbons (Fsp3) is 1.00. The van der Waals surface area contributed by atoms with Crippen LogP contribution in [-0.4, -0.2) is 11.2 Å². The van der Waals surface area contributed by atoms with Crippen LogP contribution < -0.4 is 0 Å². The van der Waals surface area contributed by atoms with Gasteiger partial charge in [0, 0.05) is 0 Å². The van der Waals surface area contributed by atoms with Gasteiger partial charge in [-0.3, -0.25) is 0 Å². The Morgan fingerprint density at radius 1 is 0.941 bits per heavy atom. The average molecular weight is 319 g/mol. The Morgan fingerprint density at radius 3 is 1.71 bits per heavy atom. The van der Waals surface area contributed by atoms with Crippen molar-refractivity contribution in [3.63, 3.8) is 0 Å². The first-order chi connectivity index (χ1) is 6.31. The molecule has 108 valence electrons. The van der Waals surface area contributed by atoms with E-state index >= 15 is 0 Å². The Hall–Kier alpha value is 1.36. The highest BCUT2D eigenvalue weighted by Gasteiger charge is 2.37. The summed E-state index contributed by atoms with van der Waals surface area (Å²) in [5.74, 6) is 2.58. The van der Waals surface area contributed by atoms with E-state index in [1.54, 1.807) is 0 Å². The van der Waals surface area contributed by atoms with Crippen LogP contribution in [0.3, 0.4) is 0 Å². The summed E-state index contributed by atoms with van der Waals surface area (Å²) in [7, 11) is 0. The van der Waals surface area contributed by atoms with Crippen LogP contribution in [0.4, 0.5) is 0 Å². The van der Waals surface area contributed by atoms with Gasteiger partial charge in [0.05, 0.1) is 6.10 Å². The zero-order valence-electron chi connectivity index (χ0n) is 10.7. The molecule has 4 atom stereocenters. The highest BCUT2D eigenvalue weighted by atomic mass is 32.1. The van der Waals surface area contributed by atoms with Crippen LogP contribution in [0.5, 0.6) is 0 Å². The highest BCUT2D eigenvalue weighted by Crippen LogP contribution is 2.46. The number of hydrogen-bond donors (Lipinski definition) is 1. The standard InChI is InChI=1S/C12H22O.4H2S/c1-2-12(13)11-7-9-5-3-4-6-10(9)8-11;;;;/h9-13H,2-8H2,1H3;4*1H2/t9-,10+,11?,12-;;;;/m1..../s1. The zero-order chi connectivity index (χ0) is 9.26. The maximum Gasteiger partial charge on any atom is 0.0566 e. The fourth-order valence-electron chi connectivity index (χ4n) is 3.43. The van der Waals surface area contributed by atoms with Crippen molar-refractivity contribution < 1.29 is 5.11 Å². The van der Waals surface area contributed by atoms with E-state index in [0.717, 1.165) is 18.3 Å².